The van der Waals surface area contributed by atoms with E-state index in [2.05, 4.69) is 5.10 Å². The van der Waals surface area contributed by atoms with Gasteiger partial charge in [-0.05, 0) is 6.92 Å². The van der Waals surface area contributed by atoms with E-state index in [-0.39, 0.29) is 28.6 Å². The summed E-state index contributed by atoms with van der Waals surface area (Å²) in [6, 6.07) is 0. The molecule has 1 atom stereocenters. The van der Waals surface area contributed by atoms with Gasteiger partial charge in [0.2, 0.25) is 5.91 Å². The van der Waals surface area contributed by atoms with E-state index in [4.69, 9.17) is 27.9 Å². The van der Waals surface area contributed by atoms with Crippen LogP contribution in [0.25, 0.3) is 0 Å². The van der Waals surface area contributed by atoms with Gasteiger partial charge in [0.05, 0.1) is 23.9 Å². The Balaban J connectivity index is 2.11. The molecule has 1 amide bonds. The molecule has 0 radical (unpaired) electrons. The van der Waals surface area contributed by atoms with Crippen LogP contribution in [0.4, 0.5) is 0 Å². The van der Waals surface area contributed by atoms with Gasteiger partial charge >= 0.3 is 0 Å². The summed E-state index contributed by atoms with van der Waals surface area (Å²) in [5.41, 5.74) is -0.566. The van der Waals surface area contributed by atoms with Gasteiger partial charge in [0.15, 0.2) is 0 Å². The average molecular weight is 306 g/mol. The average Bonchev–Trinajstić information content (AvgIpc) is 2.39. The molecule has 1 saturated heterocycles. The molecule has 1 unspecified atom stereocenters. The highest BCUT2D eigenvalue weighted by Crippen LogP contribution is 2.14. The van der Waals surface area contributed by atoms with Crippen molar-refractivity contribution in [2.24, 2.45) is 0 Å². The Kier molecular flexibility index (Phi) is 4.44. The van der Waals surface area contributed by atoms with Crippen molar-refractivity contribution >= 4 is 29.1 Å². The first-order valence-electron chi connectivity index (χ1n) is 5.79. The van der Waals surface area contributed by atoms with Crippen molar-refractivity contribution in [3.8, 4) is 0 Å². The molecule has 1 aliphatic heterocycles. The highest BCUT2D eigenvalue weighted by molar-refractivity contribution is 6.41. The van der Waals surface area contributed by atoms with Crippen LogP contribution in [0.1, 0.15) is 6.92 Å². The number of carbonyl (C=O) groups excluding carboxylic acids is 1. The Morgan fingerprint density at radius 2 is 2.32 bits per heavy atom. The third-order valence-corrected chi connectivity index (χ3v) is 3.57. The lowest BCUT2D eigenvalue weighted by Crippen LogP contribution is -2.46. The standard InChI is InChI=1S/C11H13Cl2N3O3/c1-7-5-15(2-3-19-7)9(17)6-16-11(18)10(13)8(12)4-14-16/h4,7H,2-3,5-6H2,1H3. The van der Waals surface area contributed by atoms with Crippen molar-refractivity contribution < 1.29 is 9.53 Å². The SMILES string of the molecule is CC1CN(C(=O)Cn2ncc(Cl)c(Cl)c2=O)CCO1. The third-order valence-electron chi connectivity index (χ3n) is 2.82. The Labute approximate surface area is 119 Å². The number of ether oxygens (including phenoxy) is 1. The van der Waals surface area contributed by atoms with E-state index < -0.39 is 5.56 Å². The molecule has 1 aromatic heterocycles. The van der Waals surface area contributed by atoms with Gasteiger partial charge in [-0.3, -0.25) is 9.59 Å². The van der Waals surface area contributed by atoms with E-state index in [1.165, 1.54) is 6.20 Å². The summed E-state index contributed by atoms with van der Waals surface area (Å²) in [6.45, 7) is 3.26. The fourth-order valence-electron chi connectivity index (χ4n) is 1.83. The van der Waals surface area contributed by atoms with Crippen molar-refractivity contribution in [1.82, 2.24) is 14.7 Å². The maximum atomic E-state index is 12.1. The minimum Gasteiger partial charge on any atom is -0.375 e. The number of hydrogen-bond donors (Lipinski definition) is 0. The molecule has 1 fully saturated rings. The highest BCUT2D eigenvalue weighted by atomic mass is 35.5. The lowest BCUT2D eigenvalue weighted by molar-refractivity contribution is -0.139. The topological polar surface area (TPSA) is 64.4 Å². The van der Waals surface area contributed by atoms with Gasteiger partial charge in [0.25, 0.3) is 5.56 Å². The van der Waals surface area contributed by atoms with Gasteiger partial charge in [-0.2, -0.15) is 5.10 Å². The van der Waals surface area contributed by atoms with Gasteiger partial charge in [0, 0.05) is 13.1 Å². The smallest absolute Gasteiger partial charge is 0.287 e. The molecular weight excluding hydrogens is 293 g/mol. The summed E-state index contributed by atoms with van der Waals surface area (Å²) in [6.07, 6.45) is 1.25. The molecule has 0 N–H and O–H groups in total. The zero-order chi connectivity index (χ0) is 14.0. The van der Waals surface area contributed by atoms with Crippen molar-refractivity contribution in [3.63, 3.8) is 0 Å². The second kappa shape index (κ2) is 5.90. The maximum Gasteiger partial charge on any atom is 0.287 e. The molecule has 1 aromatic rings. The summed E-state index contributed by atoms with van der Waals surface area (Å²) in [4.78, 5) is 25.5. The van der Waals surface area contributed by atoms with Gasteiger partial charge in [0.1, 0.15) is 11.6 Å². The number of carbonyl (C=O) groups is 1. The summed E-state index contributed by atoms with van der Waals surface area (Å²) in [7, 11) is 0. The second-order valence-corrected chi connectivity index (χ2v) is 5.08. The first-order valence-corrected chi connectivity index (χ1v) is 6.55. The fourth-order valence-corrected chi connectivity index (χ4v) is 2.10. The molecule has 0 aromatic carbocycles. The number of amides is 1. The van der Waals surface area contributed by atoms with Crippen LogP contribution >= 0.6 is 23.2 Å². The number of nitrogens with zero attached hydrogens (tertiary/aromatic N) is 3. The summed E-state index contributed by atoms with van der Waals surface area (Å²) in [5, 5.41) is 3.76. The van der Waals surface area contributed by atoms with Crippen LogP contribution in [0.5, 0.6) is 0 Å². The molecule has 0 spiro atoms. The molecule has 8 heteroatoms. The Morgan fingerprint density at radius 3 is 3.00 bits per heavy atom. The number of halogens is 2. The van der Waals surface area contributed by atoms with Crippen molar-refractivity contribution in [2.75, 3.05) is 19.7 Å². The first-order chi connectivity index (χ1) is 8.99. The van der Waals surface area contributed by atoms with Crippen molar-refractivity contribution in [2.45, 2.75) is 19.6 Å². The fraction of sp³-hybridized carbons (Fsp3) is 0.545. The molecular formula is C11H13Cl2N3O3. The van der Waals surface area contributed by atoms with E-state index in [1.54, 1.807) is 4.90 Å². The number of aromatic nitrogens is 2. The number of morpholine rings is 1. The maximum absolute atomic E-state index is 12.1. The van der Waals surface area contributed by atoms with Gasteiger partial charge in [-0.25, -0.2) is 4.68 Å². The number of rotatable bonds is 2. The molecule has 2 rings (SSSR count). The van der Waals surface area contributed by atoms with Crippen molar-refractivity contribution in [1.29, 1.82) is 0 Å². The lowest BCUT2D eigenvalue weighted by atomic mass is 10.3. The zero-order valence-corrected chi connectivity index (χ0v) is 11.8. The summed E-state index contributed by atoms with van der Waals surface area (Å²) >= 11 is 11.4. The predicted octanol–water partition coefficient (Wildman–Crippen LogP) is 0.797. The minimum atomic E-state index is -0.566. The quantitative estimate of drug-likeness (QED) is 0.810. The lowest BCUT2D eigenvalue weighted by Gasteiger charge is -2.31. The predicted molar refractivity (Wildman–Crippen MR) is 70.5 cm³/mol. The molecule has 0 saturated carbocycles. The highest BCUT2D eigenvalue weighted by Gasteiger charge is 2.22. The van der Waals surface area contributed by atoms with Crippen LogP contribution in [0, 0.1) is 0 Å². The zero-order valence-electron chi connectivity index (χ0n) is 10.3. The summed E-state index contributed by atoms with van der Waals surface area (Å²) < 4.78 is 6.36. The molecule has 2 heterocycles. The molecule has 6 nitrogen and oxygen atoms in total. The minimum absolute atomic E-state index is 0.00353. The van der Waals surface area contributed by atoms with E-state index in [0.717, 1.165) is 4.68 Å². The van der Waals surface area contributed by atoms with Crippen LogP contribution in [0.3, 0.4) is 0 Å². The second-order valence-electron chi connectivity index (χ2n) is 4.29. The van der Waals surface area contributed by atoms with Crippen LogP contribution in [0.2, 0.25) is 10.0 Å². The normalized spacial score (nSPS) is 19.5. The van der Waals surface area contributed by atoms with E-state index >= 15 is 0 Å². The molecule has 0 bridgehead atoms. The molecule has 104 valence electrons. The molecule has 19 heavy (non-hydrogen) atoms. The van der Waals surface area contributed by atoms with Crippen LogP contribution in [-0.4, -0.2) is 46.4 Å². The Bertz CT molecular complexity index is 546. The molecule has 0 aliphatic carbocycles. The Morgan fingerprint density at radius 1 is 1.58 bits per heavy atom. The van der Waals surface area contributed by atoms with E-state index in [0.29, 0.717) is 19.7 Å². The summed E-state index contributed by atoms with van der Waals surface area (Å²) in [5.74, 6) is -0.192. The largest absolute Gasteiger partial charge is 0.375 e. The molecule has 1 aliphatic rings. The van der Waals surface area contributed by atoms with Crippen LogP contribution in [0.15, 0.2) is 11.0 Å². The van der Waals surface area contributed by atoms with Gasteiger partial charge < -0.3 is 9.64 Å². The Hall–Kier alpha value is -1.11. The monoisotopic (exact) mass is 305 g/mol. The van der Waals surface area contributed by atoms with E-state index in [9.17, 15) is 9.59 Å². The number of hydrogen-bond acceptors (Lipinski definition) is 4. The third kappa shape index (κ3) is 3.26. The van der Waals surface area contributed by atoms with Gasteiger partial charge in [-0.15, -0.1) is 0 Å². The van der Waals surface area contributed by atoms with Crippen LogP contribution < -0.4 is 5.56 Å². The van der Waals surface area contributed by atoms with Crippen LogP contribution in [-0.2, 0) is 16.1 Å². The van der Waals surface area contributed by atoms with E-state index in [1.807, 2.05) is 6.92 Å². The first kappa shape index (κ1) is 14.3. The van der Waals surface area contributed by atoms with Gasteiger partial charge in [-0.1, -0.05) is 23.2 Å². The van der Waals surface area contributed by atoms with Crippen molar-refractivity contribution in [3.05, 3.63) is 26.6 Å².